The fourth-order valence-electron chi connectivity index (χ4n) is 1.12. The molecule has 75 valence electrons. The van der Waals surface area contributed by atoms with Gasteiger partial charge in [0.05, 0.1) is 0 Å². The van der Waals surface area contributed by atoms with E-state index in [-0.39, 0.29) is 8.41 Å². The van der Waals surface area contributed by atoms with Gasteiger partial charge in [0, 0.05) is 21.6 Å². The van der Waals surface area contributed by atoms with Crippen LogP contribution < -0.4 is 0 Å². The van der Waals surface area contributed by atoms with Crippen LogP contribution in [0.15, 0.2) is 0 Å². The Kier molecular flexibility index (Phi) is 14.5. The average molecular weight is 181 g/mol. The van der Waals surface area contributed by atoms with Crippen LogP contribution in [0.1, 0.15) is 32.6 Å². The lowest BCUT2D eigenvalue weighted by Gasteiger charge is -1.94. The van der Waals surface area contributed by atoms with Crippen LogP contribution in [0.2, 0.25) is 20.0 Å². The second-order valence-corrected chi connectivity index (χ2v) is 3.86. The van der Waals surface area contributed by atoms with Crippen molar-refractivity contribution in [2.75, 3.05) is 13.2 Å². The molecule has 1 fully saturated rings. The second kappa shape index (κ2) is 12.1. The predicted octanol–water partition coefficient (Wildman–Crippen LogP) is 2.96. The molecule has 0 spiro atoms. The first-order chi connectivity index (χ1) is 5.77. The molecule has 0 aromatic carbocycles. The Labute approximate surface area is 86.3 Å². The topological polar surface area (TPSA) is 9.23 Å². The van der Waals surface area contributed by atoms with Gasteiger partial charge in [0.2, 0.25) is 0 Å². The first-order valence-corrected chi connectivity index (χ1v) is 5.35. The molecule has 0 atom stereocenters. The summed E-state index contributed by atoms with van der Waals surface area (Å²) in [7, 11) is 0. The molecule has 1 aliphatic rings. The molecule has 13 heavy (non-hydrogen) atoms. The lowest BCUT2D eigenvalue weighted by molar-refractivity contribution is 0.198. The lowest BCUT2D eigenvalue weighted by Crippen LogP contribution is -1.96. The van der Waals surface area contributed by atoms with E-state index in [2.05, 4.69) is 20.6 Å². The normalized spacial score (nSPS) is 14.1. The maximum Gasteiger partial charge on any atom is 0.133 e. The van der Waals surface area contributed by atoms with Crippen molar-refractivity contribution >= 4 is 15.1 Å². The Morgan fingerprint density at radius 2 is 1.69 bits per heavy atom. The molecule has 0 amide bonds. The quantitative estimate of drug-likeness (QED) is 0.608. The molecule has 1 nitrogen and oxygen atoms in total. The van der Waals surface area contributed by atoms with E-state index in [0.717, 1.165) is 19.9 Å². The zero-order valence-corrected chi connectivity index (χ0v) is 9.51. The second-order valence-electron chi connectivity index (χ2n) is 3.86. The third kappa shape index (κ3) is 14.9. The average Bonchev–Trinajstić information content (AvgIpc) is 2.57. The van der Waals surface area contributed by atoms with Gasteiger partial charge in [-0.15, -0.1) is 0 Å². The molecular weight excluding hydrogens is 158 g/mol. The molecule has 1 heterocycles. The molecule has 0 aromatic rings. The van der Waals surface area contributed by atoms with Crippen LogP contribution in [0.3, 0.4) is 0 Å². The number of rotatable bonds is 3. The van der Waals surface area contributed by atoms with Crippen molar-refractivity contribution in [3.63, 3.8) is 0 Å². The number of hydrogen-bond acceptors (Lipinski definition) is 1. The van der Waals surface area contributed by atoms with Gasteiger partial charge in [-0.05, 0) is 12.8 Å². The highest BCUT2D eigenvalue weighted by Gasteiger charge is 1.95. The summed E-state index contributed by atoms with van der Waals surface area (Å²) < 4.78 is 4.94. The van der Waals surface area contributed by atoms with Crippen LogP contribution >= 0.6 is 0 Å². The maximum absolute atomic E-state index is 4.94. The van der Waals surface area contributed by atoms with Gasteiger partial charge in [-0.3, -0.25) is 0 Å². The Balaban J connectivity index is 0. The third-order valence-electron chi connectivity index (χ3n) is 1.96. The van der Waals surface area contributed by atoms with Crippen LogP contribution in [-0.2, 0) is 4.74 Å². The summed E-state index contributed by atoms with van der Waals surface area (Å²) in [4.78, 5) is 0. The molecule has 3 radical (unpaired) electrons. The minimum absolute atomic E-state index is 0. The summed E-state index contributed by atoms with van der Waals surface area (Å²) >= 11 is 0. The zero-order chi connectivity index (χ0) is 9.23. The molecule has 0 aliphatic carbocycles. The van der Waals surface area contributed by atoms with Crippen LogP contribution in [-0.4, -0.2) is 28.3 Å². The summed E-state index contributed by atoms with van der Waals surface area (Å²) in [5.74, 6) is 0. The van der Waals surface area contributed by atoms with Crippen molar-refractivity contribution in [2.24, 2.45) is 0 Å². The Bertz CT molecular complexity index is 75.4. The van der Waals surface area contributed by atoms with Crippen LogP contribution in [0.25, 0.3) is 0 Å². The van der Waals surface area contributed by atoms with E-state index in [9.17, 15) is 0 Å². The zero-order valence-electron chi connectivity index (χ0n) is 9.51. The van der Waals surface area contributed by atoms with E-state index in [1.165, 1.54) is 32.0 Å². The fourth-order valence-corrected chi connectivity index (χ4v) is 1.12. The minimum atomic E-state index is 0. The van der Waals surface area contributed by atoms with Gasteiger partial charge < -0.3 is 4.74 Å². The van der Waals surface area contributed by atoms with Gasteiger partial charge in [0.1, 0.15) is 6.71 Å². The molecule has 0 saturated carbocycles. The van der Waals surface area contributed by atoms with E-state index in [4.69, 9.17) is 4.74 Å². The molecule has 0 N–H and O–H groups in total. The summed E-state index contributed by atoms with van der Waals surface area (Å²) in [6.45, 7) is 9.69. The number of ether oxygens (including phenoxy) is 1. The third-order valence-corrected chi connectivity index (χ3v) is 1.96. The number of unbranched alkanes of at least 4 members (excludes halogenated alkanes) is 1. The summed E-state index contributed by atoms with van der Waals surface area (Å²) in [5, 5.41) is 0. The van der Waals surface area contributed by atoms with Crippen LogP contribution in [0.4, 0.5) is 0 Å². The van der Waals surface area contributed by atoms with Gasteiger partial charge in [0.25, 0.3) is 0 Å². The molecular formula is C10H23B2O. The molecule has 1 aliphatic heterocycles. The first kappa shape index (κ1) is 15.6. The van der Waals surface area contributed by atoms with E-state index in [0.29, 0.717) is 0 Å². The van der Waals surface area contributed by atoms with Crippen molar-refractivity contribution in [3.8, 4) is 0 Å². The highest BCUT2D eigenvalue weighted by Crippen LogP contribution is 1.99. The molecule has 0 bridgehead atoms. The van der Waals surface area contributed by atoms with Gasteiger partial charge in [0.15, 0.2) is 0 Å². The molecule has 1 rings (SSSR count). The van der Waals surface area contributed by atoms with Crippen molar-refractivity contribution in [1.82, 2.24) is 0 Å². The van der Waals surface area contributed by atoms with Crippen molar-refractivity contribution in [2.45, 2.75) is 52.6 Å². The Morgan fingerprint density at radius 1 is 1.15 bits per heavy atom. The SMILES string of the molecule is C1CCOC1.CCCCB(C)C.[B]. The summed E-state index contributed by atoms with van der Waals surface area (Å²) in [5.41, 5.74) is 0. The summed E-state index contributed by atoms with van der Waals surface area (Å²) in [6, 6.07) is 0. The minimum Gasteiger partial charge on any atom is -0.381 e. The standard InChI is InChI=1S/C6H15B.C4H8O.B/c1-4-5-6-7(2)3;1-2-4-5-3-1;/h4-6H2,1-3H3;1-4H2;. The van der Waals surface area contributed by atoms with E-state index in [1.807, 2.05) is 0 Å². The number of hydrogen-bond donors (Lipinski definition) is 0. The maximum atomic E-state index is 4.94. The van der Waals surface area contributed by atoms with Crippen LogP contribution in [0, 0.1) is 0 Å². The van der Waals surface area contributed by atoms with E-state index in [1.54, 1.807) is 0 Å². The smallest absolute Gasteiger partial charge is 0.133 e. The highest BCUT2D eigenvalue weighted by molar-refractivity contribution is 6.55. The van der Waals surface area contributed by atoms with Gasteiger partial charge in [-0.1, -0.05) is 39.7 Å². The van der Waals surface area contributed by atoms with Crippen molar-refractivity contribution in [3.05, 3.63) is 0 Å². The largest absolute Gasteiger partial charge is 0.381 e. The van der Waals surface area contributed by atoms with Gasteiger partial charge in [-0.25, -0.2) is 0 Å². The highest BCUT2D eigenvalue weighted by atomic mass is 16.5. The monoisotopic (exact) mass is 181 g/mol. The molecule has 3 heteroatoms. The van der Waals surface area contributed by atoms with Gasteiger partial charge in [-0.2, -0.15) is 0 Å². The predicted molar refractivity (Wildman–Crippen MR) is 63.0 cm³/mol. The lowest BCUT2D eigenvalue weighted by atomic mass is 9.51. The van der Waals surface area contributed by atoms with E-state index < -0.39 is 0 Å². The van der Waals surface area contributed by atoms with Crippen LogP contribution in [0.5, 0.6) is 0 Å². The molecule has 0 aromatic heterocycles. The Morgan fingerprint density at radius 3 is 1.85 bits per heavy atom. The van der Waals surface area contributed by atoms with Gasteiger partial charge >= 0.3 is 0 Å². The summed E-state index contributed by atoms with van der Waals surface area (Å²) in [6.07, 6.45) is 6.70. The molecule has 0 unspecified atom stereocenters. The van der Waals surface area contributed by atoms with E-state index >= 15 is 0 Å². The Hall–Kier alpha value is 0.0899. The first-order valence-electron chi connectivity index (χ1n) is 5.35. The fraction of sp³-hybridized carbons (Fsp3) is 1.00. The molecule has 1 saturated heterocycles. The van der Waals surface area contributed by atoms with Crippen molar-refractivity contribution < 1.29 is 4.74 Å². The van der Waals surface area contributed by atoms with Crippen molar-refractivity contribution in [1.29, 1.82) is 0 Å².